The van der Waals surface area contributed by atoms with Crippen LogP contribution < -0.4 is 21.3 Å². The summed E-state index contributed by atoms with van der Waals surface area (Å²) < 4.78 is 0. The van der Waals surface area contributed by atoms with Crippen molar-refractivity contribution in [1.82, 2.24) is 4.98 Å². The lowest BCUT2D eigenvalue weighted by Crippen LogP contribution is -2.35. The minimum atomic E-state index is -1.56. The van der Waals surface area contributed by atoms with Crippen molar-refractivity contribution in [2.45, 2.75) is 0 Å². The average Bonchev–Trinajstić information content (AvgIpc) is 3.04. The normalized spacial score (nSPS) is 13.6. The molecule has 41 heavy (non-hydrogen) atoms. The smallest absolute Gasteiger partial charge is 0.423 e. The Labute approximate surface area is 241 Å². The zero-order valence-electron chi connectivity index (χ0n) is 22.1. The average molecular weight is 548 g/mol. The van der Waals surface area contributed by atoms with Crippen LogP contribution in [-0.4, -0.2) is 22.2 Å². The van der Waals surface area contributed by atoms with Crippen LogP contribution >= 0.6 is 8.07 Å². The van der Waals surface area contributed by atoms with Crippen LogP contribution in [0.4, 0.5) is 5.69 Å². The van der Waals surface area contributed by atoms with E-state index in [9.17, 15) is 10.0 Å². The molecule has 5 aromatic carbocycles. The minimum absolute atomic E-state index is 0.459. The second-order valence-electron chi connectivity index (χ2n) is 9.99. The predicted molar refractivity (Wildman–Crippen MR) is 172 cm³/mol. The third kappa shape index (κ3) is 4.75. The summed E-state index contributed by atoms with van der Waals surface area (Å²) in [5.74, 6) is 0. The first-order valence-corrected chi connectivity index (χ1v) is 14.9. The van der Waals surface area contributed by atoms with Crippen molar-refractivity contribution in [3.05, 3.63) is 140 Å². The molecule has 0 radical (unpaired) electrons. The van der Waals surface area contributed by atoms with Crippen molar-refractivity contribution < 1.29 is 10.0 Å². The number of aromatic nitrogens is 1. The first kappa shape index (κ1) is 25.4. The highest BCUT2D eigenvalue weighted by Gasteiger charge is 2.31. The molecule has 1 atom stereocenters. The van der Waals surface area contributed by atoms with Gasteiger partial charge in [0.25, 0.3) is 0 Å². The summed E-state index contributed by atoms with van der Waals surface area (Å²) >= 11 is 0. The van der Waals surface area contributed by atoms with Crippen molar-refractivity contribution in [3.63, 3.8) is 0 Å². The Kier molecular flexibility index (Phi) is 6.70. The lowest BCUT2D eigenvalue weighted by Gasteiger charge is -2.32. The van der Waals surface area contributed by atoms with Crippen molar-refractivity contribution in [3.8, 4) is 44.6 Å². The standard InChI is InChI=1S/C35H26BN2O2P/c39-36(40)27-20-21-29-28-18-10-11-19-31(28)38-41(33(29)22-27)35-34(26-16-8-3-9-17-26)30(24-12-4-1-5-13-24)23-32(37-35)25-14-6-2-7-15-25/h1-23,38-40H. The summed E-state index contributed by atoms with van der Waals surface area (Å²) in [5, 5.41) is 25.1. The molecule has 0 saturated carbocycles. The van der Waals surface area contributed by atoms with Crippen LogP contribution in [0.25, 0.3) is 44.6 Å². The predicted octanol–water partition coefficient (Wildman–Crippen LogP) is 6.20. The van der Waals surface area contributed by atoms with Crippen LogP contribution in [0.3, 0.4) is 0 Å². The number of nitrogens with zero attached hydrogens (tertiary/aromatic N) is 1. The van der Waals surface area contributed by atoms with E-state index in [-0.39, 0.29) is 0 Å². The minimum Gasteiger partial charge on any atom is -0.423 e. The molecular formula is C35H26BN2O2P. The number of anilines is 1. The highest BCUT2D eigenvalue weighted by molar-refractivity contribution is 7.74. The summed E-state index contributed by atoms with van der Waals surface area (Å²) in [4.78, 5) is 5.42. The maximum atomic E-state index is 10.1. The fraction of sp³-hybridized carbons (Fsp3) is 0. The zero-order chi connectivity index (χ0) is 27.8. The van der Waals surface area contributed by atoms with Crippen LogP contribution in [0.1, 0.15) is 0 Å². The highest BCUT2D eigenvalue weighted by Crippen LogP contribution is 2.48. The number of hydrogen-bond acceptors (Lipinski definition) is 4. The second kappa shape index (κ2) is 10.8. The van der Waals surface area contributed by atoms with Crippen LogP contribution in [-0.2, 0) is 0 Å². The molecule has 1 unspecified atom stereocenters. The first-order chi connectivity index (χ1) is 20.2. The van der Waals surface area contributed by atoms with Gasteiger partial charge in [-0.1, -0.05) is 127 Å². The van der Waals surface area contributed by atoms with Gasteiger partial charge in [-0.2, -0.15) is 0 Å². The molecule has 196 valence electrons. The summed E-state index contributed by atoms with van der Waals surface area (Å²) in [7, 11) is -2.81. The van der Waals surface area contributed by atoms with Gasteiger partial charge in [0.2, 0.25) is 0 Å². The molecule has 4 nitrogen and oxygen atoms in total. The lowest BCUT2D eigenvalue weighted by molar-refractivity contribution is 0.426. The van der Waals surface area contributed by atoms with Crippen molar-refractivity contribution in [1.29, 1.82) is 0 Å². The number of para-hydroxylation sites is 1. The molecule has 0 aliphatic carbocycles. The summed E-state index contributed by atoms with van der Waals surface area (Å²) in [6, 6.07) is 47.3. The first-order valence-electron chi connectivity index (χ1n) is 13.5. The maximum absolute atomic E-state index is 10.1. The van der Waals surface area contributed by atoms with E-state index in [1.807, 2.05) is 54.6 Å². The van der Waals surface area contributed by atoms with E-state index in [2.05, 4.69) is 84.0 Å². The Morgan fingerprint density at radius 2 is 1.17 bits per heavy atom. The number of rotatable bonds is 5. The molecule has 0 bridgehead atoms. The van der Waals surface area contributed by atoms with Crippen molar-refractivity contribution in [2.75, 3.05) is 5.09 Å². The third-order valence-corrected chi connectivity index (χ3v) is 9.50. The summed E-state index contributed by atoms with van der Waals surface area (Å²) in [6.45, 7) is 0. The number of fused-ring (bicyclic) bond motifs is 3. The van der Waals surface area contributed by atoms with Gasteiger partial charge in [-0.25, -0.2) is 4.98 Å². The molecule has 0 amide bonds. The van der Waals surface area contributed by atoms with Crippen LogP contribution in [0.5, 0.6) is 0 Å². The molecule has 1 aliphatic heterocycles. The summed E-state index contributed by atoms with van der Waals surface area (Å²) in [6.07, 6.45) is 0. The van der Waals surface area contributed by atoms with Gasteiger partial charge in [0.05, 0.1) is 19.2 Å². The van der Waals surface area contributed by atoms with Gasteiger partial charge >= 0.3 is 7.12 Å². The molecule has 0 fully saturated rings. The Morgan fingerprint density at radius 3 is 1.85 bits per heavy atom. The molecule has 0 saturated heterocycles. The number of benzene rings is 5. The number of hydrogen-bond donors (Lipinski definition) is 3. The second-order valence-corrected chi connectivity index (χ2v) is 11.8. The van der Waals surface area contributed by atoms with Gasteiger partial charge in [-0.15, -0.1) is 0 Å². The van der Waals surface area contributed by atoms with E-state index in [4.69, 9.17) is 4.98 Å². The Bertz CT molecular complexity index is 1850. The van der Waals surface area contributed by atoms with Gasteiger partial charge in [0, 0.05) is 27.7 Å². The molecule has 2 heterocycles. The Balaban J connectivity index is 1.57. The number of nitrogens with one attached hydrogen (secondary N) is 1. The fourth-order valence-corrected chi connectivity index (χ4v) is 7.76. The monoisotopic (exact) mass is 548 g/mol. The lowest BCUT2D eigenvalue weighted by atomic mass is 9.79. The van der Waals surface area contributed by atoms with E-state index in [0.29, 0.717) is 5.46 Å². The quantitative estimate of drug-likeness (QED) is 0.177. The van der Waals surface area contributed by atoms with Gasteiger partial charge in [-0.05, 0) is 39.8 Å². The van der Waals surface area contributed by atoms with E-state index >= 15 is 0 Å². The zero-order valence-corrected chi connectivity index (χ0v) is 23.0. The molecule has 1 aliphatic rings. The molecule has 3 N–H and O–H groups in total. The van der Waals surface area contributed by atoms with Crippen LogP contribution in [0, 0.1) is 0 Å². The molecule has 1 aromatic heterocycles. The Morgan fingerprint density at radius 1 is 0.561 bits per heavy atom. The van der Waals surface area contributed by atoms with E-state index in [0.717, 1.165) is 61.1 Å². The molecular weight excluding hydrogens is 522 g/mol. The Hall–Kier alpha value is -4.54. The topological polar surface area (TPSA) is 65.4 Å². The SMILES string of the molecule is OB(O)c1ccc2c(c1)P(c1nc(-c3ccccc3)cc(-c3ccccc3)c1-c1ccccc1)Nc1ccccc1-2. The number of pyridine rings is 1. The van der Waals surface area contributed by atoms with Gasteiger partial charge in [0.1, 0.15) is 0 Å². The molecule has 7 rings (SSSR count). The molecule has 6 heteroatoms. The molecule has 0 spiro atoms. The van der Waals surface area contributed by atoms with Gasteiger partial charge in [-0.3, -0.25) is 0 Å². The van der Waals surface area contributed by atoms with Crippen LogP contribution in [0.2, 0.25) is 0 Å². The third-order valence-electron chi connectivity index (χ3n) is 7.44. The molecule has 6 aromatic rings. The van der Waals surface area contributed by atoms with E-state index in [1.54, 1.807) is 6.07 Å². The fourth-order valence-electron chi connectivity index (χ4n) is 5.47. The van der Waals surface area contributed by atoms with E-state index < -0.39 is 15.2 Å². The summed E-state index contributed by atoms with van der Waals surface area (Å²) in [5.41, 5.74) is 10.9. The largest absolute Gasteiger partial charge is 0.488 e. The van der Waals surface area contributed by atoms with E-state index in [1.165, 1.54) is 0 Å². The van der Waals surface area contributed by atoms with Gasteiger partial charge in [0.15, 0.2) is 0 Å². The maximum Gasteiger partial charge on any atom is 0.488 e. The van der Waals surface area contributed by atoms with Crippen LogP contribution in [0.15, 0.2) is 140 Å². The van der Waals surface area contributed by atoms with Gasteiger partial charge < -0.3 is 15.1 Å². The van der Waals surface area contributed by atoms with Crippen molar-refractivity contribution in [2.24, 2.45) is 0 Å². The highest BCUT2D eigenvalue weighted by atomic mass is 31.1. The van der Waals surface area contributed by atoms with Crippen molar-refractivity contribution >= 4 is 37.1 Å².